The molecular weight excluding hydrogens is 300 g/mol. The van der Waals surface area contributed by atoms with Crippen LogP contribution in [0.5, 0.6) is 0 Å². The van der Waals surface area contributed by atoms with Gasteiger partial charge in [0.05, 0.1) is 6.61 Å². The van der Waals surface area contributed by atoms with Gasteiger partial charge >= 0.3 is 5.91 Å². The number of benzene rings is 1. The largest absolute Gasteiger partial charge is 0.382 e. The molecule has 0 heterocycles. The molecule has 1 aromatic carbocycles. The van der Waals surface area contributed by atoms with Gasteiger partial charge in [-0.3, -0.25) is 4.79 Å². The Morgan fingerprint density at radius 2 is 2.09 bits per heavy atom. The third-order valence-corrected chi connectivity index (χ3v) is 3.28. The maximum Gasteiger partial charge on any atom is 0.307 e. The van der Waals surface area contributed by atoms with Crippen molar-refractivity contribution < 1.29 is 9.53 Å². The van der Waals surface area contributed by atoms with E-state index in [-0.39, 0.29) is 13.2 Å². The number of hydrogen-bond acceptors (Lipinski definition) is 7. The van der Waals surface area contributed by atoms with Crippen LogP contribution in [-0.4, -0.2) is 31.7 Å². The van der Waals surface area contributed by atoms with E-state index in [1.807, 2.05) is 0 Å². The Morgan fingerprint density at radius 3 is 2.74 bits per heavy atom. The second-order valence-corrected chi connectivity index (χ2v) is 5.06. The van der Waals surface area contributed by atoms with Crippen molar-refractivity contribution in [2.75, 3.05) is 25.1 Å². The van der Waals surface area contributed by atoms with Crippen LogP contribution in [0.1, 0.15) is 31.4 Å². The van der Waals surface area contributed by atoms with Crippen LogP contribution in [0.25, 0.3) is 0 Å². The highest BCUT2D eigenvalue weighted by Gasteiger charge is 2.20. The fourth-order valence-corrected chi connectivity index (χ4v) is 1.94. The molecule has 3 N–H and O–H groups in total. The summed E-state index contributed by atoms with van der Waals surface area (Å²) in [6.07, 6.45) is 1.94. The summed E-state index contributed by atoms with van der Waals surface area (Å²) >= 11 is 0. The highest BCUT2D eigenvalue weighted by atomic mass is 16.5. The smallest absolute Gasteiger partial charge is 0.307 e. The van der Waals surface area contributed by atoms with Gasteiger partial charge in [-0.1, -0.05) is 36.7 Å². The number of ether oxygens (including phenoxy) is 1. The van der Waals surface area contributed by atoms with Crippen LogP contribution >= 0.6 is 0 Å². The molecule has 2 atom stereocenters. The first-order chi connectivity index (χ1) is 11.1. The van der Waals surface area contributed by atoms with Crippen LogP contribution in [0.4, 0.5) is 5.69 Å². The summed E-state index contributed by atoms with van der Waals surface area (Å²) in [5.74, 6) is -0.952. The van der Waals surface area contributed by atoms with E-state index in [2.05, 4.69) is 22.6 Å². The first-order valence-corrected chi connectivity index (χ1v) is 7.49. The van der Waals surface area contributed by atoms with E-state index in [1.54, 1.807) is 24.3 Å². The van der Waals surface area contributed by atoms with Crippen molar-refractivity contribution in [3.05, 3.63) is 39.6 Å². The van der Waals surface area contributed by atoms with Gasteiger partial charge in [0.25, 0.3) is 0 Å². The number of rotatable bonds is 11. The second kappa shape index (κ2) is 10.5. The molecular formula is C15H22N4O4. The first-order valence-electron chi connectivity index (χ1n) is 7.49. The quantitative estimate of drug-likeness (QED) is 0.476. The average Bonchev–Trinajstić information content (AvgIpc) is 2.60. The van der Waals surface area contributed by atoms with E-state index in [0.29, 0.717) is 17.9 Å². The highest BCUT2D eigenvalue weighted by Crippen LogP contribution is 2.22. The maximum atomic E-state index is 11.3. The van der Waals surface area contributed by atoms with Gasteiger partial charge in [-0.05, 0) is 12.5 Å². The monoisotopic (exact) mass is 322 g/mol. The van der Waals surface area contributed by atoms with Crippen LogP contribution in [-0.2, 0) is 9.53 Å². The van der Waals surface area contributed by atoms with Gasteiger partial charge in [-0.15, -0.1) is 4.91 Å². The number of hydrogen-bond donors (Lipinski definition) is 2. The number of anilines is 1. The topological polar surface area (TPSA) is 123 Å². The number of nitrogens with two attached hydrogens (primary N) is 1. The number of unbranched alkanes of at least 4 members (excludes halogenated alkanes) is 1. The van der Waals surface area contributed by atoms with Gasteiger partial charge < -0.3 is 15.8 Å². The lowest BCUT2D eigenvalue weighted by Gasteiger charge is -2.16. The van der Waals surface area contributed by atoms with Crippen molar-refractivity contribution in [1.29, 1.82) is 0 Å². The number of amides is 1. The van der Waals surface area contributed by atoms with Crippen LogP contribution in [0, 0.1) is 9.81 Å². The summed E-state index contributed by atoms with van der Waals surface area (Å²) in [5, 5.41) is 8.38. The summed E-state index contributed by atoms with van der Waals surface area (Å²) in [5.41, 5.74) is 6.70. The number of carbonyl (C=O) groups excluding carboxylic acids is 1. The van der Waals surface area contributed by atoms with Gasteiger partial charge in [-0.2, -0.15) is 4.91 Å². The molecule has 8 nitrogen and oxygen atoms in total. The average molecular weight is 322 g/mol. The Hall–Kier alpha value is -2.19. The van der Waals surface area contributed by atoms with Crippen molar-refractivity contribution in [2.45, 2.75) is 31.8 Å². The van der Waals surface area contributed by atoms with Crippen molar-refractivity contribution in [3.63, 3.8) is 0 Å². The normalized spacial score (nSPS) is 13.1. The standard InChI is InChI=1S/C15H22N4O4/c1-2-3-8-23-10-11(18-21)9-17-13-7-5-4-6-12(13)14(16)15(20)19-22/h4-7,11,14,17H,2-3,8-10,16H2,1H3. The fourth-order valence-electron chi connectivity index (χ4n) is 1.94. The Balaban J connectivity index is 2.64. The number of carbonyl (C=O) groups is 1. The molecule has 0 saturated heterocycles. The molecule has 23 heavy (non-hydrogen) atoms. The number of nitrogens with one attached hydrogen (secondary N) is 1. The molecule has 2 unspecified atom stereocenters. The molecule has 0 aromatic heterocycles. The molecule has 8 heteroatoms. The number of para-hydroxylation sites is 1. The van der Waals surface area contributed by atoms with Gasteiger partial charge in [0, 0.05) is 29.6 Å². The van der Waals surface area contributed by atoms with Gasteiger partial charge in [0.15, 0.2) is 0 Å². The zero-order chi connectivity index (χ0) is 17.1. The van der Waals surface area contributed by atoms with Crippen molar-refractivity contribution in [2.24, 2.45) is 16.1 Å². The number of nitroso groups, excluding NO2 is 2. The lowest BCUT2D eigenvalue weighted by atomic mass is 10.0. The third kappa shape index (κ3) is 6.21. The molecule has 0 radical (unpaired) electrons. The lowest BCUT2D eigenvalue weighted by molar-refractivity contribution is -0.119. The molecule has 0 aliphatic carbocycles. The summed E-state index contributed by atoms with van der Waals surface area (Å²) in [6, 6.07) is 5.07. The van der Waals surface area contributed by atoms with E-state index in [1.165, 1.54) is 0 Å². The fraction of sp³-hybridized carbons (Fsp3) is 0.533. The molecule has 0 spiro atoms. The minimum atomic E-state index is -1.14. The SMILES string of the molecule is CCCCOCC(CNc1ccccc1C(N)C(=O)N=O)N=O. The minimum Gasteiger partial charge on any atom is -0.382 e. The van der Waals surface area contributed by atoms with Crippen LogP contribution in [0.3, 0.4) is 0 Å². The first kappa shape index (κ1) is 18.9. The molecule has 0 aliphatic rings. The van der Waals surface area contributed by atoms with Crippen molar-refractivity contribution in [1.82, 2.24) is 0 Å². The van der Waals surface area contributed by atoms with E-state index in [0.717, 1.165) is 12.8 Å². The zero-order valence-electron chi connectivity index (χ0n) is 13.1. The molecule has 1 rings (SSSR count). The van der Waals surface area contributed by atoms with E-state index < -0.39 is 18.0 Å². The molecule has 1 amide bonds. The third-order valence-electron chi connectivity index (χ3n) is 3.28. The number of nitrogens with zero attached hydrogens (tertiary/aromatic N) is 2. The highest BCUT2D eigenvalue weighted by molar-refractivity contribution is 5.85. The summed E-state index contributed by atoms with van der Waals surface area (Å²) < 4.78 is 5.38. The lowest BCUT2D eigenvalue weighted by Crippen LogP contribution is -2.25. The summed E-state index contributed by atoms with van der Waals surface area (Å²) in [6.45, 7) is 3.10. The second-order valence-electron chi connectivity index (χ2n) is 5.06. The van der Waals surface area contributed by atoms with E-state index in [4.69, 9.17) is 10.5 Å². The summed E-state index contributed by atoms with van der Waals surface area (Å²) in [7, 11) is 0. The molecule has 126 valence electrons. The van der Waals surface area contributed by atoms with Crippen molar-refractivity contribution >= 4 is 11.6 Å². The van der Waals surface area contributed by atoms with Gasteiger partial charge in [-0.25, -0.2) is 0 Å². The minimum absolute atomic E-state index is 0.222. The van der Waals surface area contributed by atoms with Crippen LogP contribution in [0.15, 0.2) is 34.6 Å². The predicted molar refractivity (Wildman–Crippen MR) is 88.0 cm³/mol. The zero-order valence-corrected chi connectivity index (χ0v) is 13.1. The van der Waals surface area contributed by atoms with Gasteiger partial charge in [0.1, 0.15) is 12.1 Å². The molecule has 0 saturated carbocycles. The van der Waals surface area contributed by atoms with E-state index in [9.17, 15) is 14.6 Å². The molecule has 1 aromatic rings. The van der Waals surface area contributed by atoms with Crippen LogP contribution in [0.2, 0.25) is 0 Å². The summed E-state index contributed by atoms with van der Waals surface area (Å²) in [4.78, 5) is 32.5. The molecule has 0 bridgehead atoms. The Morgan fingerprint density at radius 1 is 1.35 bits per heavy atom. The van der Waals surface area contributed by atoms with Gasteiger partial charge in [0.2, 0.25) is 0 Å². The predicted octanol–water partition coefficient (Wildman–Crippen LogP) is 2.34. The van der Waals surface area contributed by atoms with Crippen molar-refractivity contribution in [3.8, 4) is 0 Å². The van der Waals surface area contributed by atoms with E-state index >= 15 is 0 Å². The Kier molecular flexibility index (Phi) is 8.63. The molecule has 0 fully saturated rings. The Bertz CT molecular complexity index is 524. The Labute approximate surface area is 134 Å². The molecule has 0 aliphatic heterocycles. The maximum absolute atomic E-state index is 11.3. The van der Waals surface area contributed by atoms with Crippen LogP contribution < -0.4 is 11.1 Å².